The number of carboxylic acids is 1. The van der Waals surface area contributed by atoms with Gasteiger partial charge in [-0.2, -0.15) is 11.3 Å². The lowest BCUT2D eigenvalue weighted by molar-refractivity contribution is 0.0696. The van der Waals surface area contributed by atoms with Crippen molar-refractivity contribution in [2.75, 3.05) is 0 Å². The Morgan fingerprint density at radius 2 is 2.00 bits per heavy atom. The van der Waals surface area contributed by atoms with E-state index in [0.29, 0.717) is 5.56 Å². The third kappa shape index (κ3) is 2.38. The lowest BCUT2D eigenvalue weighted by atomic mass is 10.1. The Balaban J connectivity index is 2.31. The first-order valence-corrected chi connectivity index (χ1v) is 5.74. The molecule has 0 aliphatic carbocycles. The zero-order valence-corrected chi connectivity index (χ0v) is 9.28. The summed E-state index contributed by atoms with van der Waals surface area (Å²) in [7, 11) is 0. The second-order valence-electron chi connectivity index (χ2n) is 3.28. The van der Waals surface area contributed by atoms with E-state index >= 15 is 0 Å². The monoisotopic (exact) mass is 230 g/mol. The highest BCUT2D eigenvalue weighted by atomic mass is 32.1. The summed E-state index contributed by atoms with van der Waals surface area (Å²) in [6, 6.07) is 8.96. The summed E-state index contributed by atoms with van der Waals surface area (Å²) in [5.74, 6) is -0.898. The van der Waals surface area contributed by atoms with Crippen LogP contribution in [0.1, 0.15) is 21.5 Å². The van der Waals surface area contributed by atoms with Gasteiger partial charge in [-0.3, -0.25) is 0 Å². The highest BCUT2D eigenvalue weighted by Gasteiger charge is 2.05. The van der Waals surface area contributed by atoms with Gasteiger partial charge in [0.05, 0.1) is 5.56 Å². The SMILES string of the molecule is O=C(O)c1ccccc1/C=C\c1ccsc1. The Hall–Kier alpha value is -1.87. The second-order valence-corrected chi connectivity index (χ2v) is 4.06. The Morgan fingerprint density at radius 3 is 2.69 bits per heavy atom. The molecule has 2 rings (SSSR count). The fourth-order valence-electron chi connectivity index (χ4n) is 1.39. The average molecular weight is 230 g/mol. The van der Waals surface area contributed by atoms with E-state index < -0.39 is 5.97 Å². The molecule has 16 heavy (non-hydrogen) atoms. The predicted octanol–water partition coefficient (Wildman–Crippen LogP) is 3.62. The normalized spacial score (nSPS) is 10.8. The molecule has 1 N–H and O–H groups in total. The predicted molar refractivity (Wildman–Crippen MR) is 66.6 cm³/mol. The number of benzene rings is 1. The minimum absolute atomic E-state index is 0.328. The molecule has 0 unspecified atom stereocenters. The Kier molecular flexibility index (Phi) is 3.17. The fraction of sp³-hybridized carbons (Fsp3) is 0. The molecule has 0 bridgehead atoms. The largest absolute Gasteiger partial charge is 0.478 e. The molecule has 3 heteroatoms. The quantitative estimate of drug-likeness (QED) is 0.874. The van der Waals surface area contributed by atoms with Crippen molar-refractivity contribution in [1.82, 2.24) is 0 Å². The molecule has 0 atom stereocenters. The van der Waals surface area contributed by atoms with Crippen LogP contribution in [0.5, 0.6) is 0 Å². The zero-order chi connectivity index (χ0) is 11.4. The van der Waals surface area contributed by atoms with Gasteiger partial charge in [0.2, 0.25) is 0 Å². The maximum absolute atomic E-state index is 11.0. The van der Waals surface area contributed by atoms with Gasteiger partial charge < -0.3 is 5.11 Å². The summed E-state index contributed by atoms with van der Waals surface area (Å²) in [5.41, 5.74) is 2.14. The lowest BCUT2D eigenvalue weighted by Gasteiger charge is -1.99. The number of carbonyl (C=O) groups is 1. The first-order valence-electron chi connectivity index (χ1n) is 4.80. The number of carboxylic acid groups (broad SMARTS) is 1. The van der Waals surface area contributed by atoms with E-state index in [1.165, 1.54) is 0 Å². The van der Waals surface area contributed by atoms with E-state index in [0.717, 1.165) is 11.1 Å². The summed E-state index contributed by atoms with van der Waals surface area (Å²) in [4.78, 5) is 11.0. The molecule has 0 saturated carbocycles. The summed E-state index contributed by atoms with van der Waals surface area (Å²) in [6.07, 6.45) is 3.74. The zero-order valence-electron chi connectivity index (χ0n) is 8.46. The summed E-state index contributed by atoms with van der Waals surface area (Å²) >= 11 is 1.62. The molecule has 2 aromatic rings. The summed E-state index contributed by atoms with van der Waals surface area (Å²) < 4.78 is 0. The van der Waals surface area contributed by atoms with E-state index in [1.54, 1.807) is 29.5 Å². The van der Waals surface area contributed by atoms with E-state index in [9.17, 15) is 4.79 Å². The number of thiophene rings is 1. The van der Waals surface area contributed by atoms with Crippen LogP contribution in [0.2, 0.25) is 0 Å². The molecular weight excluding hydrogens is 220 g/mol. The maximum Gasteiger partial charge on any atom is 0.336 e. The Morgan fingerprint density at radius 1 is 1.19 bits per heavy atom. The minimum Gasteiger partial charge on any atom is -0.478 e. The summed E-state index contributed by atoms with van der Waals surface area (Å²) in [6.45, 7) is 0. The Labute approximate surface area is 97.5 Å². The van der Waals surface area contributed by atoms with Gasteiger partial charge in [0.15, 0.2) is 0 Å². The van der Waals surface area contributed by atoms with Crippen molar-refractivity contribution in [2.24, 2.45) is 0 Å². The van der Waals surface area contributed by atoms with Crippen LogP contribution in [0.4, 0.5) is 0 Å². The fourth-order valence-corrected chi connectivity index (χ4v) is 2.02. The van der Waals surface area contributed by atoms with E-state index in [4.69, 9.17) is 5.11 Å². The van der Waals surface area contributed by atoms with Crippen LogP contribution in [0.15, 0.2) is 41.1 Å². The highest BCUT2D eigenvalue weighted by molar-refractivity contribution is 7.08. The maximum atomic E-state index is 11.0. The smallest absolute Gasteiger partial charge is 0.336 e. The topological polar surface area (TPSA) is 37.3 Å². The van der Waals surface area contributed by atoms with E-state index in [-0.39, 0.29) is 0 Å². The molecule has 1 heterocycles. The first-order chi connectivity index (χ1) is 7.77. The molecule has 0 aliphatic rings. The van der Waals surface area contributed by atoms with Crippen molar-refractivity contribution in [2.45, 2.75) is 0 Å². The molecule has 2 nitrogen and oxygen atoms in total. The lowest BCUT2D eigenvalue weighted by Crippen LogP contribution is -1.98. The second kappa shape index (κ2) is 4.77. The molecule has 0 aliphatic heterocycles. The van der Waals surface area contributed by atoms with Crippen LogP contribution in [0, 0.1) is 0 Å². The van der Waals surface area contributed by atoms with Crippen LogP contribution in [-0.2, 0) is 0 Å². The van der Waals surface area contributed by atoms with Gasteiger partial charge in [0.1, 0.15) is 0 Å². The molecule has 1 aromatic carbocycles. The van der Waals surface area contributed by atoms with E-state index in [2.05, 4.69) is 0 Å². The molecule has 0 spiro atoms. The standard InChI is InChI=1S/C13H10O2S/c14-13(15)12-4-2-1-3-11(12)6-5-10-7-8-16-9-10/h1-9H,(H,14,15)/b6-5-. The molecule has 0 amide bonds. The van der Waals surface area contributed by atoms with E-state index in [1.807, 2.05) is 35.0 Å². The van der Waals surface area contributed by atoms with Gasteiger partial charge in [-0.15, -0.1) is 0 Å². The van der Waals surface area contributed by atoms with Gasteiger partial charge in [-0.05, 0) is 34.0 Å². The van der Waals surface area contributed by atoms with Crippen molar-refractivity contribution < 1.29 is 9.90 Å². The van der Waals surface area contributed by atoms with Crippen LogP contribution in [0.3, 0.4) is 0 Å². The van der Waals surface area contributed by atoms with Crippen LogP contribution < -0.4 is 0 Å². The summed E-state index contributed by atoms with van der Waals surface area (Å²) in [5, 5.41) is 13.0. The van der Waals surface area contributed by atoms with Gasteiger partial charge >= 0.3 is 5.97 Å². The first kappa shape index (κ1) is 10.6. The van der Waals surface area contributed by atoms with Crippen molar-refractivity contribution in [3.05, 3.63) is 57.8 Å². The average Bonchev–Trinajstić information content (AvgIpc) is 2.79. The molecule has 0 saturated heterocycles. The van der Waals surface area contributed by atoms with Crippen molar-refractivity contribution in [1.29, 1.82) is 0 Å². The third-order valence-corrected chi connectivity index (χ3v) is 2.89. The van der Waals surface area contributed by atoms with Crippen LogP contribution in [0.25, 0.3) is 12.2 Å². The van der Waals surface area contributed by atoms with Gasteiger partial charge in [0, 0.05) is 0 Å². The van der Waals surface area contributed by atoms with Gasteiger partial charge in [0.25, 0.3) is 0 Å². The molecule has 1 aromatic heterocycles. The van der Waals surface area contributed by atoms with Crippen LogP contribution >= 0.6 is 11.3 Å². The van der Waals surface area contributed by atoms with Crippen molar-refractivity contribution in [3.63, 3.8) is 0 Å². The van der Waals surface area contributed by atoms with Gasteiger partial charge in [-0.25, -0.2) is 4.79 Å². The molecule has 0 fully saturated rings. The number of hydrogen-bond acceptors (Lipinski definition) is 2. The third-order valence-electron chi connectivity index (χ3n) is 2.19. The molecule has 0 radical (unpaired) electrons. The van der Waals surface area contributed by atoms with Gasteiger partial charge in [-0.1, -0.05) is 30.4 Å². The highest BCUT2D eigenvalue weighted by Crippen LogP contribution is 2.14. The Bertz CT molecular complexity index is 512. The molecule has 80 valence electrons. The molecular formula is C13H10O2S. The van der Waals surface area contributed by atoms with Crippen molar-refractivity contribution in [3.8, 4) is 0 Å². The number of hydrogen-bond donors (Lipinski definition) is 1. The van der Waals surface area contributed by atoms with Crippen molar-refractivity contribution >= 4 is 29.5 Å². The number of rotatable bonds is 3. The number of aromatic carboxylic acids is 1. The van der Waals surface area contributed by atoms with Crippen LogP contribution in [-0.4, -0.2) is 11.1 Å². The minimum atomic E-state index is -0.898.